The topological polar surface area (TPSA) is 91.5 Å². The first-order chi connectivity index (χ1) is 11.1. The number of rotatable bonds is 6. The molecule has 2 N–H and O–H groups in total. The van der Waals surface area contributed by atoms with Gasteiger partial charge in [-0.3, -0.25) is 4.79 Å². The summed E-state index contributed by atoms with van der Waals surface area (Å²) in [6, 6.07) is 0.148. The molecule has 1 aliphatic heterocycles. The van der Waals surface area contributed by atoms with Gasteiger partial charge in [-0.1, -0.05) is 18.0 Å². The number of nitrogens with one attached hydrogen (secondary N) is 1. The standard InChI is InChI=1S/C16H26N4O3/c1-12-18-14(19-23-12)9-13-5-4-8-20(13)15(22)10-17-16(11-21)6-2-3-7-16/h13,17,21H,2-11H2,1H3. The van der Waals surface area contributed by atoms with Crippen LogP contribution in [0.5, 0.6) is 0 Å². The molecule has 1 unspecified atom stereocenters. The second-order valence-electron chi connectivity index (χ2n) is 6.82. The Morgan fingerprint density at radius 2 is 2.22 bits per heavy atom. The van der Waals surface area contributed by atoms with Crippen molar-refractivity contribution in [1.82, 2.24) is 20.4 Å². The van der Waals surface area contributed by atoms with Gasteiger partial charge >= 0.3 is 0 Å². The van der Waals surface area contributed by atoms with Gasteiger partial charge in [0.15, 0.2) is 5.82 Å². The van der Waals surface area contributed by atoms with Gasteiger partial charge < -0.3 is 19.8 Å². The summed E-state index contributed by atoms with van der Waals surface area (Å²) in [5.41, 5.74) is -0.254. The molecule has 0 bridgehead atoms. The minimum absolute atomic E-state index is 0.103. The first-order valence-electron chi connectivity index (χ1n) is 8.56. The van der Waals surface area contributed by atoms with Crippen LogP contribution in [0.1, 0.15) is 50.2 Å². The van der Waals surface area contributed by atoms with Crippen LogP contribution >= 0.6 is 0 Å². The Hall–Kier alpha value is -1.47. The Kier molecular flexibility index (Phi) is 4.96. The third-order valence-electron chi connectivity index (χ3n) is 5.16. The highest BCUT2D eigenvalue weighted by atomic mass is 16.5. The van der Waals surface area contributed by atoms with Crippen LogP contribution in [0, 0.1) is 6.92 Å². The predicted molar refractivity (Wildman–Crippen MR) is 83.8 cm³/mol. The molecule has 0 aromatic carbocycles. The quantitative estimate of drug-likeness (QED) is 0.805. The van der Waals surface area contributed by atoms with Crippen LogP contribution in [0.25, 0.3) is 0 Å². The van der Waals surface area contributed by atoms with Crippen LogP contribution < -0.4 is 5.32 Å². The van der Waals surface area contributed by atoms with Crippen LogP contribution in [-0.4, -0.2) is 57.3 Å². The minimum atomic E-state index is -0.254. The zero-order valence-electron chi connectivity index (χ0n) is 13.8. The average molecular weight is 322 g/mol. The Bertz CT molecular complexity index is 539. The lowest BCUT2D eigenvalue weighted by molar-refractivity contribution is -0.131. The van der Waals surface area contributed by atoms with Crippen molar-refractivity contribution in [2.45, 2.75) is 63.5 Å². The molecule has 1 aliphatic carbocycles. The predicted octanol–water partition coefficient (Wildman–Crippen LogP) is 0.806. The zero-order valence-corrected chi connectivity index (χ0v) is 13.8. The molecule has 1 aromatic rings. The molecular formula is C16H26N4O3. The van der Waals surface area contributed by atoms with Crippen molar-refractivity contribution in [1.29, 1.82) is 0 Å². The van der Waals surface area contributed by atoms with Gasteiger partial charge in [0.1, 0.15) is 0 Å². The summed E-state index contributed by atoms with van der Waals surface area (Å²) in [5, 5.41) is 16.9. The highest BCUT2D eigenvalue weighted by molar-refractivity contribution is 5.79. The van der Waals surface area contributed by atoms with E-state index in [2.05, 4.69) is 15.5 Å². The molecule has 1 aromatic heterocycles. The van der Waals surface area contributed by atoms with E-state index in [1.165, 1.54) is 0 Å². The van der Waals surface area contributed by atoms with Crippen LogP contribution in [0.4, 0.5) is 0 Å². The summed E-state index contributed by atoms with van der Waals surface area (Å²) in [6.45, 7) is 2.95. The van der Waals surface area contributed by atoms with Gasteiger partial charge in [0.05, 0.1) is 13.2 Å². The minimum Gasteiger partial charge on any atom is -0.394 e. The van der Waals surface area contributed by atoms with Crippen molar-refractivity contribution in [3.8, 4) is 0 Å². The van der Waals surface area contributed by atoms with Gasteiger partial charge in [-0.2, -0.15) is 4.98 Å². The molecule has 7 nitrogen and oxygen atoms in total. The molecular weight excluding hydrogens is 296 g/mol. The number of aryl methyl sites for hydroxylation is 1. The van der Waals surface area contributed by atoms with E-state index >= 15 is 0 Å². The molecule has 1 saturated carbocycles. The maximum atomic E-state index is 12.6. The number of aliphatic hydroxyl groups is 1. The maximum Gasteiger partial charge on any atom is 0.236 e. The van der Waals surface area contributed by atoms with E-state index in [1.54, 1.807) is 6.92 Å². The summed E-state index contributed by atoms with van der Waals surface area (Å²) < 4.78 is 5.01. The van der Waals surface area contributed by atoms with Gasteiger partial charge in [-0.15, -0.1) is 0 Å². The fraction of sp³-hybridized carbons (Fsp3) is 0.812. The van der Waals surface area contributed by atoms with E-state index in [0.29, 0.717) is 24.7 Å². The van der Waals surface area contributed by atoms with Gasteiger partial charge in [-0.05, 0) is 25.7 Å². The second kappa shape index (κ2) is 6.97. The van der Waals surface area contributed by atoms with Crippen molar-refractivity contribution in [2.75, 3.05) is 19.7 Å². The summed E-state index contributed by atoms with van der Waals surface area (Å²) in [4.78, 5) is 18.7. The molecule has 23 heavy (non-hydrogen) atoms. The molecule has 0 spiro atoms. The highest BCUT2D eigenvalue weighted by Gasteiger charge is 2.35. The molecule has 1 amide bonds. The molecule has 128 valence electrons. The van der Waals surface area contributed by atoms with Crippen molar-refractivity contribution < 1.29 is 14.4 Å². The first kappa shape index (κ1) is 16.4. The van der Waals surface area contributed by atoms with E-state index < -0.39 is 0 Å². The highest BCUT2D eigenvalue weighted by Crippen LogP contribution is 2.29. The van der Waals surface area contributed by atoms with Crippen LogP contribution in [0.3, 0.4) is 0 Å². The summed E-state index contributed by atoms with van der Waals surface area (Å²) in [6.07, 6.45) is 6.76. The molecule has 1 saturated heterocycles. The fourth-order valence-corrected chi connectivity index (χ4v) is 3.82. The number of likely N-dealkylation sites (tertiary alicyclic amines) is 1. The number of aromatic nitrogens is 2. The van der Waals surface area contributed by atoms with Gasteiger partial charge in [0, 0.05) is 31.5 Å². The number of nitrogens with zero attached hydrogens (tertiary/aromatic N) is 3. The lowest BCUT2D eigenvalue weighted by atomic mass is 9.99. The molecule has 7 heteroatoms. The van der Waals surface area contributed by atoms with E-state index in [0.717, 1.165) is 45.1 Å². The van der Waals surface area contributed by atoms with Crippen molar-refractivity contribution in [3.63, 3.8) is 0 Å². The number of aliphatic hydroxyl groups excluding tert-OH is 1. The molecule has 1 atom stereocenters. The number of hydrogen-bond acceptors (Lipinski definition) is 6. The lowest BCUT2D eigenvalue weighted by Gasteiger charge is -2.30. The van der Waals surface area contributed by atoms with E-state index in [9.17, 15) is 9.90 Å². The van der Waals surface area contributed by atoms with Gasteiger partial charge in [0.25, 0.3) is 0 Å². The largest absolute Gasteiger partial charge is 0.394 e. The van der Waals surface area contributed by atoms with Crippen molar-refractivity contribution in [3.05, 3.63) is 11.7 Å². The van der Waals surface area contributed by atoms with E-state index in [4.69, 9.17) is 4.52 Å². The number of carbonyl (C=O) groups excluding carboxylic acids is 1. The van der Waals surface area contributed by atoms with Crippen LogP contribution in [0.2, 0.25) is 0 Å². The van der Waals surface area contributed by atoms with Gasteiger partial charge in [0.2, 0.25) is 11.8 Å². The fourth-order valence-electron chi connectivity index (χ4n) is 3.82. The second-order valence-corrected chi connectivity index (χ2v) is 6.82. The van der Waals surface area contributed by atoms with Crippen molar-refractivity contribution in [2.24, 2.45) is 0 Å². The van der Waals surface area contributed by atoms with Crippen molar-refractivity contribution >= 4 is 5.91 Å². The Morgan fingerprint density at radius 1 is 1.43 bits per heavy atom. The lowest BCUT2D eigenvalue weighted by Crippen LogP contribution is -2.51. The summed E-state index contributed by atoms with van der Waals surface area (Å²) in [7, 11) is 0. The van der Waals surface area contributed by atoms with Crippen LogP contribution in [0.15, 0.2) is 4.52 Å². The average Bonchev–Trinajstić information content (AvgIpc) is 3.27. The molecule has 2 heterocycles. The summed E-state index contributed by atoms with van der Waals surface area (Å²) >= 11 is 0. The smallest absolute Gasteiger partial charge is 0.236 e. The van der Waals surface area contributed by atoms with Crippen LogP contribution in [-0.2, 0) is 11.2 Å². The number of carbonyl (C=O) groups is 1. The molecule has 2 aliphatic rings. The van der Waals surface area contributed by atoms with E-state index in [1.807, 2.05) is 4.90 Å². The number of hydrogen-bond donors (Lipinski definition) is 2. The first-order valence-corrected chi connectivity index (χ1v) is 8.56. The third kappa shape index (κ3) is 3.72. The third-order valence-corrected chi connectivity index (χ3v) is 5.16. The maximum absolute atomic E-state index is 12.6. The zero-order chi connectivity index (χ0) is 16.3. The Morgan fingerprint density at radius 3 is 2.87 bits per heavy atom. The summed E-state index contributed by atoms with van der Waals surface area (Å²) in [5.74, 6) is 1.33. The monoisotopic (exact) mass is 322 g/mol. The normalized spacial score (nSPS) is 23.6. The van der Waals surface area contributed by atoms with Gasteiger partial charge in [-0.25, -0.2) is 0 Å². The van der Waals surface area contributed by atoms with E-state index in [-0.39, 0.29) is 24.1 Å². The molecule has 2 fully saturated rings. The SMILES string of the molecule is Cc1nc(CC2CCCN2C(=O)CNC2(CO)CCCC2)no1. The Labute approximate surface area is 136 Å². The molecule has 3 rings (SSSR count). The molecule has 0 radical (unpaired) electrons. The Balaban J connectivity index is 1.55. The number of amides is 1.